The highest BCUT2D eigenvalue weighted by molar-refractivity contribution is 7.15. The first-order valence-electron chi connectivity index (χ1n) is 8.25. The van der Waals surface area contributed by atoms with Crippen molar-refractivity contribution in [1.82, 2.24) is 25.0 Å². The molecule has 2 heterocycles. The summed E-state index contributed by atoms with van der Waals surface area (Å²) in [5.74, 6) is 0.221. The van der Waals surface area contributed by atoms with Crippen molar-refractivity contribution in [1.29, 1.82) is 0 Å². The van der Waals surface area contributed by atoms with E-state index in [2.05, 4.69) is 39.4 Å². The van der Waals surface area contributed by atoms with Gasteiger partial charge in [0.1, 0.15) is 17.7 Å². The zero-order valence-electron chi connectivity index (χ0n) is 14.2. The predicted molar refractivity (Wildman–Crippen MR) is 96.8 cm³/mol. The van der Waals surface area contributed by atoms with Gasteiger partial charge in [-0.15, -0.1) is 10.2 Å². The van der Waals surface area contributed by atoms with E-state index in [0.717, 1.165) is 23.4 Å². The van der Waals surface area contributed by atoms with Gasteiger partial charge in [-0.25, -0.2) is 9.67 Å². The van der Waals surface area contributed by atoms with Crippen molar-refractivity contribution in [3.05, 3.63) is 53.1 Å². The monoisotopic (exact) mass is 356 g/mol. The highest BCUT2D eigenvalue weighted by Gasteiger charge is 2.15. The van der Waals surface area contributed by atoms with Gasteiger partial charge in [0.15, 0.2) is 0 Å². The minimum atomic E-state index is -0.181. The number of carbonyl (C=O) groups excluding carboxylic acids is 1. The van der Waals surface area contributed by atoms with Crippen LogP contribution in [0.1, 0.15) is 53.5 Å². The highest BCUT2D eigenvalue weighted by Crippen LogP contribution is 2.28. The van der Waals surface area contributed by atoms with Gasteiger partial charge in [-0.3, -0.25) is 10.1 Å². The fraction of sp³-hybridized carbons (Fsp3) is 0.353. The van der Waals surface area contributed by atoms with Crippen molar-refractivity contribution in [3.8, 4) is 0 Å². The van der Waals surface area contributed by atoms with Gasteiger partial charge >= 0.3 is 0 Å². The van der Waals surface area contributed by atoms with Gasteiger partial charge in [-0.1, -0.05) is 37.3 Å². The minimum Gasteiger partial charge on any atom is -0.296 e. The maximum Gasteiger partial charge on any atom is 0.257 e. The summed E-state index contributed by atoms with van der Waals surface area (Å²) in [5, 5.41) is 16.7. The lowest BCUT2D eigenvalue weighted by Crippen LogP contribution is -2.11. The van der Waals surface area contributed by atoms with Gasteiger partial charge in [0.25, 0.3) is 5.91 Å². The van der Waals surface area contributed by atoms with Crippen LogP contribution >= 0.6 is 11.3 Å². The van der Waals surface area contributed by atoms with Gasteiger partial charge in [0.2, 0.25) is 5.13 Å². The summed E-state index contributed by atoms with van der Waals surface area (Å²) in [5.41, 5.74) is 1.63. The summed E-state index contributed by atoms with van der Waals surface area (Å²) < 4.78 is 1.73. The molecule has 0 unspecified atom stereocenters. The molecule has 130 valence electrons. The van der Waals surface area contributed by atoms with Gasteiger partial charge < -0.3 is 0 Å². The molecule has 0 aliphatic heterocycles. The molecular weight excluding hydrogens is 336 g/mol. The molecule has 0 saturated heterocycles. The van der Waals surface area contributed by atoms with Crippen LogP contribution in [0, 0.1) is 0 Å². The Balaban J connectivity index is 1.63. The van der Waals surface area contributed by atoms with E-state index in [1.165, 1.54) is 17.7 Å². The van der Waals surface area contributed by atoms with Crippen LogP contribution in [0.25, 0.3) is 0 Å². The van der Waals surface area contributed by atoms with Gasteiger partial charge in [-0.2, -0.15) is 5.10 Å². The lowest BCUT2D eigenvalue weighted by atomic mass is 10.1. The molecule has 3 rings (SSSR count). The molecule has 7 nitrogen and oxygen atoms in total. The molecule has 0 saturated carbocycles. The number of aromatic nitrogens is 5. The second-order valence-electron chi connectivity index (χ2n) is 5.70. The number of hydrogen-bond acceptors (Lipinski definition) is 6. The average Bonchev–Trinajstić information content (AvgIpc) is 3.29. The van der Waals surface area contributed by atoms with Crippen molar-refractivity contribution in [2.75, 3.05) is 5.32 Å². The van der Waals surface area contributed by atoms with Gasteiger partial charge in [0.05, 0.1) is 6.54 Å². The number of benzene rings is 1. The Hall–Kier alpha value is -2.61. The van der Waals surface area contributed by atoms with Crippen LogP contribution in [0.3, 0.4) is 0 Å². The van der Waals surface area contributed by atoms with Crippen LogP contribution in [0.4, 0.5) is 5.13 Å². The van der Waals surface area contributed by atoms with Crippen LogP contribution in [0.15, 0.2) is 36.9 Å². The number of rotatable bonds is 7. The molecule has 25 heavy (non-hydrogen) atoms. The molecule has 0 aliphatic rings. The highest BCUT2D eigenvalue weighted by atomic mass is 32.1. The Labute approximate surface area is 150 Å². The Bertz CT molecular complexity index is 808. The lowest BCUT2D eigenvalue weighted by molar-refractivity contribution is 0.102. The third kappa shape index (κ3) is 4.27. The summed E-state index contributed by atoms with van der Waals surface area (Å²) in [6, 6.07) is 7.41. The van der Waals surface area contributed by atoms with Crippen molar-refractivity contribution < 1.29 is 4.79 Å². The topological polar surface area (TPSA) is 85.6 Å². The van der Waals surface area contributed by atoms with E-state index in [4.69, 9.17) is 0 Å². The van der Waals surface area contributed by atoms with Crippen LogP contribution in [0.2, 0.25) is 0 Å². The van der Waals surface area contributed by atoms with Gasteiger partial charge in [0, 0.05) is 11.5 Å². The molecule has 0 fully saturated rings. The zero-order chi connectivity index (χ0) is 17.6. The SMILES string of the molecule is CCC(CC)c1nnc(NC(=O)c2ccc(Cn3cncn3)cc2)s1. The maximum atomic E-state index is 12.4. The third-order valence-electron chi connectivity index (χ3n) is 4.02. The summed E-state index contributed by atoms with van der Waals surface area (Å²) in [6.07, 6.45) is 5.20. The minimum absolute atomic E-state index is 0.181. The Morgan fingerprint density at radius 3 is 2.60 bits per heavy atom. The Kier molecular flexibility index (Phi) is 5.49. The van der Waals surface area contributed by atoms with E-state index in [1.807, 2.05) is 12.1 Å². The molecule has 0 aliphatic carbocycles. The first kappa shape index (κ1) is 17.2. The molecule has 0 spiro atoms. The molecule has 1 aromatic carbocycles. The number of carbonyl (C=O) groups is 1. The molecule has 3 aromatic rings. The third-order valence-corrected chi connectivity index (χ3v) is 5.02. The summed E-state index contributed by atoms with van der Waals surface area (Å²) in [7, 11) is 0. The molecule has 0 atom stereocenters. The summed E-state index contributed by atoms with van der Waals surface area (Å²) in [6.45, 7) is 4.89. The molecule has 0 radical (unpaired) electrons. The standard InChI is InChI=1S/C17H20N6OS/c1-3-13(4-2)16-21-22-17(25-16)20-15(24)14-7-5-12(6-8-14)9-23-11-18-10-19-23/h5-8,10-11,13H,3-4,9H2,1-2H3,(H,20,22,24). The fourth-order valence-corrected chi connectivity index (χ4v) is 3.53. The summed E-state index contributed by atoms with van der Waals surface area (Å²) >= 11 is 1.45. The molecular formula is C17H20N6OS. The van der Waals surface area contributed by atoms with Crippen molar-refractivity contribution in [2.24, 2.45) is 0 Å². The molecule has 1 amide bonds. The first-order chi connectivity index (χ1) is 12.2. The summed E-state index contributed by atoms with van der Waals surface area (Å²) in [4.78, 5) is 16.3. The first-order valence-corrected chi connectivity index (χ1v) is 9.07. The zero-order valence-corrected chi connectivity index (χ0v) is 15.0. The van der Waals surface area contributed by atoms with E-state index in [9.17, 15) is 4.79 Å². The van der Waals surface area contributed by atoms with Crippen molar-refractivity contribution >= 4 is 22.4 Å². The number of hydrogen-bond donors (Lipinski definition) is 1. The van der Waals surface area contributed by atoms with Crippen LogP contribution in [-0.2, 0) is 6.54 Å². The number of amides is 1. The van der Waals surface area contributed by atoms with Crippen LogP contribution < -0.4 is 5.32 Å². The van der Waals surface area contributed by atoms with E-state index in [-0.39, 0.29) is 5.91 Å². The maximum absolute atomic E-state index is 12.4. The van der Waals surface area contributed by atoms with Gasteiger partial charge in [-0.05, 0) is 30.5 Å². The largest absolute Gasteiger partial charge is 0.296 e. The number of nitrogens with one attached hydrogen (secondary N) is 1. The van der Waals surface area contributed by atoms with E-state index in [0.29, 0.717) is 23.2 Å². The molecule has 0 bridgehead atoms. The Morgan fingerprint density at radius 2 is 1.96 bits per heavy atom. The molecule has 2 aromatic heterocycles. The van der Waals surface area contributed by atoms with Crippen molar-refractivity contribution in [2.45, 2.75) is 39.2 Å². The predicted octanol–water partition coefficient (Wildman–Crippen LogP) is 3.33. The number of nitrogens with zero attached hydrogens (tertiary/aromatic N) is 5. The van der Waals surface area contributed by atoms with E-state index in [1.54, 1.807) is 23.1 Å². The Morgan fingerprint density at radius 1 is 1.20 bits per heavy atom. The normalized spacial score (nSPS) is 11.0. The second kappa shape index (κ2) is 7.98. The smallest absolute Gasteiger partial charge is 0.257 e. The fourth-order valence-electron chi connectivity index (χ4n) is 2.52. The van der Waals surface area contributed by atoms with E-state index < -0.39 is 0 Å². The molecule has 1 N–H and O–H groups in total. The van der Waals surface area contributed by atoms with Crippen molar-refractivity contribution in [3.63, 3.8) is 0 Å². The lowest BCUT2D eigenvalue weighted by Gasteiger charge is -2.06. The average molecular weight is 356 g/mol. The quantitative estimate of drug-likeness (QED) is 0.702. The number of anilines is 1. The van der Waals surface area contributed by atoms with E-state index >= 15 is 0 Å². The molecule has 8 heteroatoms. The second-order valence-corrected chi connectivity index (χ2v) is 6.71. The van der Waals surface area contributed by atoms with Crippen LogP contribution in [0.5, 0.6) is 0 Å². The van der Waals surface area contributed by atoms with Crippen LogP contribution in [-0.4, -0.2) is 30.9 Å².